The monoisotopic (exact) mass is 496 g/mol. The summed E-state index contributed by atoms with van der Waals surface area (Å²) in [5.74, 6) is -3.27. The number of alkyl halides is 2. The van der Waals surface area contributed by atoms with Crippen LogP contribution in [0.4, 0.5) is 18.9 Å². The van der Waals surface area contributed by atoms with E-state index in [1.807, 2.05) is 6.07 Å². The van der Waals surface area contributed by atoms with E-state index in [4.69, 9.17) is 4.42 Å². The number of nitrogens with zero attached hydrogens (tertiary/aromatic N) is 4. The molecule has 1 aliphatic rings. The summed E-state index contributed by atoms with van der Waals surface area (Å²) in [6.07, 6.45) is -2.73. The molecule has 182 valence electrons. The van der Waals surface area contributed by atoms with Crippen molar-refractivity contribution in [2.75, 3.05) is 11.4 Å². The number of amides is 1. The van der Waals surface area contributed by atoms with Crippen LogP contribution in [-0.4, -0.2) is 28.5 Å². The van der Waals surface area contributed by atoms with E-state index in [-0.39, 0.29) is 28.9 Å². The zero-order valence-electron chi connectivity index (χ0n) is 18.5. The maximum Gasteiger partial charge on any atom is 0.586 e. The standard InChI is InChI=1S/C24H15F3N4O5/c1-2-30(16-6-7-17-22(19(16)25)36-24(26,27)35-17)18(32)12-31-23(33)15-8-9-34-21(15)20(29-31)14-5-3-4-13(10-14)11-28/h3-10H,2,12H2,1H3. The molecule has 0 aliphatic carbocycles. The number of hydrogen-bond donors (Lipinski definition) is 0. The van der Waals surface area contributed by atoms with E-state index in [0.717, 1.165) is 21.7 Å². The SMILES string of the molecule is CCN(C(=O)Cn1nc(-c2cccc(C#N)c2)c2occc2c1=O)c1ccc2c(c1F)OC(F)(F)O2. The van der Waals surface area contributed by atoms with E-state index in [9.17, 15) is 23.6 Å². The smallest absolute Gasteiger partial charge is 0.462 e. The van der Waals surface area contributed by atoms with E-state index in [1.165, 1.54) is 12.3 Å². The number of carbonyl (C=O) groups is 1. The van der Waals surface area contributed by atoms with Crippen LogP contribution in [0.3, 0.4) is 0 Å². The number of nitriles is 1. The summed E-state index contributed by atoms with van der Waals surface area (Å²) in [6, 6.07) is 12.1. The van der Waals surface area contributed by atoms with Crippen molar-refractivity contribution in [1.82, 2.24) is 9.78 Å². The average Bonchev–Trinajstić information content (AvgIpc) is 3.47. The summed E-state index contributed by atoms with van der Waals surface area (Å²) in [5, 5.41) is 13.6. The Morgan fingerprint density at radius 2 is 2.03 bits per heavy atom. The maximum absolute atomic E-state index is 15.0. The topological polar surface area (TPSA) is 111 Å². The lowest BCUT2D eigenvalue weighted by Crippen LogP contribution is -2.38. The second-order valence-electron chi connectivity index (χ2n) is 7.70. The third kappa shape index (κ3) is 3.80. The van der Waals surface area contributed by atoms with Gasteiger partial charge >= 0.3 is 6.29 Å². The van der Waals surface area contributed by atoms with Gasteiger partial charge in [-0.1, -0.05) is 12.1 Å². The molecule has 12 heteroatoms. The van der Waals surface area contributed by atoms with Crippen LogP contribution >= 0.6 is 0 Å². The number of benzene rings is 2. The van der Waals surface area contributed by atoms with Gasteiger partial charge in [0.05, 0.1) is 29.0 Å². The number of halogens is 3. The molecular weight excluding hydrogens is 481 g/mol. The largest absolute Gasteiger partial charge is 0.586 e. The van der Waals surface area contributed by atoms with Crippen molar-refractivity contribution >= 4 is 22.6 Å². The minimum atomic E-state index is -4.03. The van der Waals surface area contributed by atoms with Crippen LogP contribution in [0.25, 0.3) is 22.2 Å². The number of likely N-dealkylation sites (N-methyl/N-ethyl adjacent to an activating group) is 1. The van der Waals surface area contributed by atoms with Crippen molar-refractivity contribution in [1.29, 1.82) is 5.26 Å². The van der Waals surface area contributed by atoms with Gasteiger partial charge in [-0.2, -0.15) is 10.4 Å². The second kappa shape index (κ2) is 8.46. The Balaban J connectivity index is 1.53. The third-order valence-corrected chi connectivity index (χ3v) is 5.51. The molecule has 0 atom stereocenters. The Labute approximate surface area is 200 Å². The quantitative estimate of drug-likeness (QED) is 0.410. The zero-order valence-corrected chi connectivity index (χ0v) is 18.5. The van der Waals surface area contributed by atoms with Crippen molar-refractivity contribution in [2.24, 2.45) is 0 Å². The highest BCUT2D eigenvalue weighted by molar-refractivity contribution is 5.94. The van der Waals surface area contributed by atoms with Gasteiger partial charge in [-0.3, -0.25) is 9.59 Å². The molecule has 0 spiro atoms. The first-order valence-corrected chi connectivity index (χ1v) is 10.6. The van der Waals surface area contributed by atoms with Gasteiger partial charge in [-0.05, 0) is 37.3 Å². The first-order valence-electron chi connectivity index (χ1n) is 10.6. The molecule has 1 amide bonds. The summed E-state index contributed by atoms with van der Waals surface area (Å²) in [6.45, 7) is 0.902. The molecule has 0 saturated carbocycles. The van der Waals surface area contributed by atoms with Crippen LogP contribution in [0.1, 0.15) is 12.5 Å². The van der Waals surface area contributed by atoms with Gasteiger partial charge in [0, 0.05) is 12.1 Å². The molecule has 2 aromatic carbocycles. The number of hydrogen-bond acceptors (Lipinski definition) is 7. The maximum atomic E-state index is 15.0. The van der Waals surface area contributed by atoms with Crippen molar-refractivity contribution < 1.29 is 31.9 Å². The second-order valence-corrected chi connectivity index (χ2v) is 7.70. The fourth-order valence-electron chi connectivity index (χ4n) is 3.92. The summed E-state index contributed by atoms with van der Waals surface area (Å²) in [7, 11) is 0. The van der Waals surface area contributed by atoms with Gasteiger partial charge in [0.1, 0.15) is 12.2 Å². The highest BCUT2D eigenvalue weighted by Gasteiger charge is 2.46. The van der Waals surface area contributed by atoms with Gasteiger partial charge in [-0.15, -0.1) is 8.78 Å². The molecule has 5 rings (SSSR count). The Kier molecular flexibility index (Phi) is 5.40. The summed E-state index contributed by atoms with van der Waals surface area (Å²) in [5.41, 5.74) is 0.262. The van der Waals surface area contributed by atoms with Crippen LogP contribution < -0.4 is 19.9 Å². The lowest BCUT2D eigenvalue weighted by molar-refractivity contribution is -0.287. The van der Waals surface area contributed by atoms with E-state index in [0.29, 0.717) is 11.1 Å². The fourth-order valence-corrected chi connectivity index (χ4v) is 3.92. The molecule has 0 bridgehead atoms. The Bertz CT molecular complexity index is 1620. The first kappa shape index (κ1) is 23.0. The van der Waals surface area contributed by atoms with E-state index < -0.39 is 41.6 Å². The van der Waals surface area contributed by atoms with Gasteiger partial charge in [0.15, 0.2) is 17.1 Å². The number of anilines is 1. The predicted octanol–water partition coefficient (Wildman–Crippen LogP) is 4.04. The number of ether oxygens (including phenoxy) is 2. The van der Waals surface area contributed by atoms with E-state index >= 15 is 4.39 Å². The van der Waals surface area contributed by atoms with Gasteiger partial charge in [0.25, 0.3) is 5.56 Å². The van der Waals surface area contributed by atoms with Gasteiger partial charge < -0.3 is 18.8 Å². The Morgan fingerprint density at radius 3 is 2.78 bits per heavy atom. The fraction of sp³-hybridized carbons (Fsp3) is 0.167. The summed E-state index contributed by atoms with van der Waals surface area (Å²) in [4.78, 5) is 27.1. The molecule has 4 aromatic rings. The molecule has 0 N–H and O–H groups in total. The van der Waals surface area contributed by atoms with Crippen LogP contribution in [0.2, 0.25) is 0 Å². The molecule has 0 radical (unpaired) electrons. The van der Waals surface area contributed by atoms with Gasteiger partial charge in [0.2, 0.25) is 11.7 Å². The number of rotatable bonds is 5. The normalized spacial score (nSPS) is 13.5. The highest BCUT2D eigenvalue weighted by atomic mass is 19.3. The number of furan rings is 1. The van der Waals surface area contributed by atoms with E-state index in [2.05, 4.69) is 14.6 Å². The average molecular weight is 496 g/mol. The van der Waals surface area contributed by atoms with Gasteiger partial charge in [-0.25, -0.2) is 9.07 Å². The summed E-state index contributed by atoms with van der Waals surface area (Å²) < 4.78 is 56.6. The third-order valence-electron chi connectivity index (χ3n) is 5.51. The lowest BCUT2D eigenvalue weighted by atomic mass is 10.1. The Morgan fingerprint density at radius 1 is 1.22 bits per heavy atom. The van der Waals surface area contributed by atoms with Crippen molar-refractivity contribution in [3.63, 3.8) is 0 Å². The Hall–Kier alpha value is -4.79. The molecule has 0 saturated heterocycles. The lowest BCUT2D eigenvalue weighted by Gasteiger charge is -2.22. The van der Waals surface area contributed by atoms with Crippen LogP contribution in [-0.2, 0) is 11.3 Å². The molecule has 36 heavy (non-hydrogen) atoms. The number of aromatic nitrogens is 2. The van der Waals surface area contributed by atoms with Crippen molar-refractivity contribution in [3.8, 4) is 28.8 Å². The predicted molar refractivity (Wildman–Crippen MR) is 119 cm³/mol. The van der Waals surface area contributed by atoms with Crippen LogP contribution in [0, 0.1) is 17.1 Å². The van der Waals surface area contributed by atoms with Crippen LogP contribution in [0.5, 0.6) is 11.5 Å². The first-order chi connectivity index (χ1) is 17.2. The zero-order chi connectivity index (χ0) is 25.6. The molecule has 0 unspecified atom stereocenters. The van der Waals surface area contributed by atoms with Crippen LogP contribution in [0.15, 0.2) is 57.9 Å². The summed E-state index contributed by atoms with van der Waals surface area (Å²) >= 11 is 0. The molecule has 1 aliphatic heterocycles. The number of fused-ring (bicyclic) bond motifs is 2. The van der Waals surface area contributed by atoms with Crippen molar-refractivity contribution in [2.45, 2.75) is 19.8 Å². The molecule has 2 aromatic heterocycles. The molecule has 0 fully saturated rings. The van der Waals surface area contributed by atoms with E-state index in [1.54, 1.807) is 31.2 Å². The number of carbonyl (C=O) groups excluding carboxylic acids is 1. The van der Waals surface area contributed by atoms with Crippen molar-refractivity contribution in [3.05, 3.63) is 70.5 Å². The molecule has 9 nitrogen and oxygen atoms in total. The molecular formula is C24H15F3N4O5. The minimum absolute atomic E-state index is 0.0500. The molecule has 3 heterocycles. The highest BCUT2D eigenvalue weighted by Crippen LogP contribution is 2.45. The minimum Gasteiger partial charge on any atom is -0.462 e.